The standard InChI is InChI=1S/C37H52O5Si2/c1-10-17-33-36(42-43(5,6)7,23-22-31-18-13-11-14-19-31)27-35(28-40-44(8,9)34(2,3)4)24-25-37(33,41-35)29-39-30-38-26-32-20-15-12-16-21-32/h10-16,18-21,24-25,33H,1,17,26-30H2,2-9H3/t33-,35+,36-,37+/m1/s1. The van der Waals surface area contributed by atoms with Gasteiger partial charge in [0.2, 0.25) is 0 Å². The highest BCUT2D eigenvalue weighted by Crippen LogP contribution is 2.55. The molecule has 4 rings (SSSR count). The molecule has 44 heavy (non-hydrogen) atoms. The summed E-state index contributed by atoms with van der Waals surface area (Å²) in [6.45, 7) is 23.6. The van der Waals surface area contributed by atoms with Crippen molar-refractivity contribution in [1.82, 2.24) is 0 Å². The van der Waals surface area contributed by atoms with E-state index in [9.17, 15) is 0 Å². The largest absolute Gasteiger partial charge is 0.414 e. The van der Waals surface area contributed by atoms with Crippen molar-refractivity contribution in [3.63, 3.8) is 0 Å². The Morgan fingerprint density at radius 2 is 1.59 bits per heavy atom. The molecule has 2 aliphatic heterocycles. The Morgan fingerprint density at radius 3 is 2.20 bits per heavy atom. The molecule has 0 unspecified atom stereocenters. The van der Waals surface area contributed by atoms with E-state index in [1.807, 2.05) is 66.7 Å². The number of fused-ring (bicyclic) bond motifs is 2. The van der Waals surface area contributed by atoms with Crippen LogP contribution >= 0.6 is 0 Å². The summed E-state index contributed by atoms with van der Waals surface area (Å²) in [7, 11) is -4.18. The third-order valence-corrected chi connectivity index (χ3v) is 14.4. The van der Waals surface area contributed by atoms with Crippen molar-refractivity contribution in [2.45, 2.75) is 94.8 Å². The highest BCUT2D eigenvalue weighted by Gasteiger charge is 2.65. The van der Waals surface area contributed by atoms with Crippen molar-refractivity contribution in [3.8, 4) is 11.8 Å². The Bertz CT molecular complexity index is 1340. The Morgan fingerprint density at radius 1 is 0.932 bits per heavy atom. The van der Waals surface area contributed by atoms with Crippen LogP contribution in [0, 0.1) is 17.8 Å². The van der Waals surface area contributed by atoms with E-state index in [-0.39, 0.29) is 17.7 Å². The van der Waals surface area contributed by atoms with Crippen LogP contribution in [-0.4, -0.2) is 53.4 Å². The summed E-state index contributed by atoms with van der Waals surface area (Å²) in [5, 5.41) is 0.0708. The lowest BCUT2D eigenvalue weighted by atomic mass is 9.69. The van der Waals surface area contributed by atoms with Crippen molar-refractivity contribution in [3.05, 3.63) is 96.6 Å². The average molecular weight is 633 g/mol. The lowest BCUT2D eigenvalue weighted by Gasteiger charge is -2.55. The molecular formula is C37H52O5Si2. The lowest BCUT2D eigenvalue weighted by Crippen LogP contribution is -2.66. The SMILES string of the molecule is C=CC[C@@H]1[C@](C#Cc2ccccc2)(O[Si](C)(C)C)C[C@]2(CO[Si](C)(C)C(C)(C)C)C=C[C@@]1(COCOCc1ccccc1)O2. The number of rotatable bonds is 13. The van der Waals surface area contributed by atoms with Crippen molar-refractivity contribution in [2.75, 3.05) is 20.0 Å². The molecule has 0 spiro atoms. The second-order valence-corrected chi connectivity index (χ2v) is 24.0. The predicted octanol–water partition coefficient (Wildman–Crippen LogP) is 8.50. The van der Waals surface area contributed by atoms with Crippen molar-refractivity contribution >= 4 is 16.6 Å². The van der Waals surface area contributed by atoms with Crippen LogP contribution in [0.4, 0.5) is 0 Å². The molecule has 2 aromatic rings. The van der Waals surface area contributed by atoms with Gasteiger partial charge in [0.25, 0.3) is 0 Å². The van der Waals surface area contributed by atoms with Crippen LogP contribution in [0.25, 0.3) is 0 Å². The van der Waals surface area contributed by atoms with Gasteiger partial charge in [-0.05, 0) is 61.9 Å². The second-order valence-electron chi connectivity index (χ2n) is 14.8. The first-order chi connectivity index (χ1) is 20.6. The zero-order valence-corrected chi connectivity index (χ0v) is 30.1. The van der Waals surface area contributed by atoms with E-state index in [2.05, 4.69) is 84.1 Å². The van der Waals surface area contributed by atoms with Crippen LogP contribution < -0.4 is 0 Å². The van der Waals surface area contributed by atoms with Gasteiger partial charge in [0.1, 0.15) is 23.6 Å². The van der Waals surface area contributed by atoms with E-state index in [4.69, 9.17) is 23.1 Å². The van der Waals surface area contributed by atoms with E-state index in [1.165, 1.54) is 0 Å². The van der Waals surface area contributed by atoms with Gasteiger partial charge < -0.3 is 23.1 Å². The van der Waals surface area contributed by atoms with Crippen LogP contribution in [0.1, 0.15) is 44.7 Å². The average Bonchev–Trinajstić information content (AvgIpc) is 3.27. The molecule has 2 aromatic carbocycles. The normalized spacial score (nSPS) is 26.7. The summed E-state index contributed by atoms with van der Waals surface area (Å²) in [4.78, 5) is 0. The highest BCUT2D eigenvalue weighted by molar-refractivity contribution is 6.74. The van der Waals surface area contributed by atoms with Crippen LogP contribution in [0.2, 0.25) is 37.8 Å². The summed E-state index contributed by atoms with van der Waals surface area (Å²) < 4.78 is 33.4. The van der Waals surface area contributed by atoms with E-state index in [0.29, 0.717) is 32.7 Å². The third kappa shape index (κ3) is 8.29. The molecule has 0 N–H and O–H groups in total. The summed E-state index contributed by atoms with van der Waals surface area (Å²) >= 11 is 0. The minimum absolute atomic E-state index is 0.0708. The van der Waals surface area contributed by atoms with Gasteiger partial charge in [-0.15, -0.1) is 6.58 Å². The molecule has 4 atom stereocenters. The summed E-state index contributed by atoms with van der Waals surface area (Å²) in [6.07, 6.45) is 7.57. The van der Waals surface area contributed by atoms with Crippen molar-refractivity contribution in [1.29, 1.82) is 0 Å². The van der Waals surface area contributed by atoms with Gasteiger partial charge in [0.05, 0.1) is 19.8 Å². The molecule has 2 aliphatic rings. The fraction of sp³-hybridized carbons (Fsp3) is 0.514. The Kier molecular flexibility index (Phi) is 10.7. The minimum Gasteiger partial charge on any atom is -0.414 e. The molecular weight excluding hydrogens is 581 g/mol. The van der Waals surface area contributed by atoms with Gasteiger partial charge in [-0.25, -0.2) is 0 Å². The fourth-order valence-electron chi connectivity index (χ4n) is 5.87. The quantitative estimate of drug-likeness (QED) is 0.0729. The lowest BCUT2D eigenvalue weighted by molar-refractivity contribution is -0.242. The molecule has 2 bridgehead atoms. The first-order valence-electron chi connectivity index (χ1n) is 15.8. The molecule has 5 nitrogen and oxygen atoms in total. The molecule has 0 saturated carbocycles. The zero-order valence-electron chi connectivity index (χ0n) is 28.1. The zero-order chi connectivity index (χ0) is 32.1. The number of benzene rings is 2. The van der Waals surface area contributed by atoms with Crippen molar-refractivity contribution < 1.29 is 23.1 Å². The van der Waals surface area contributed by atoms with E-state index in [0.717, 1.165) is 11.1 Å². The molecule has 7 heteroatoms. The number of hydrogen-bond acceptors (Lipinski definition) is 5. The van der Waals surface area contributed by atoms with Crippen molar-refractivity contribution in [2.24, 2.45) is 5.92 Å². The van der Waals surface area contributed by atoms with E-state index in [1.54, 1.807) is 0 Å². The monoisotopic (exact) mass is 632 g/mol. The summed E-state index contributed by atoms with van der Waals surface area (Å²) in [5.41, 5.74) is -0.228. The van der Waals surface area contributed by atoms with E-state index >= 15 is 0 Å². The number of ether oxygens (including phenoxy) is 3. The maximum absolute atomic E-state index is 7.24. The van der Waals surface area contributed by atoms with Crippen LogP contribution in [-0.2, 0) is 29.7 Å². The Balaban J connectivity index is 1.71. The molecule has 0 radical (unpaired) electrons. The summed E-state index contributed by atoms with van der Waals surface area (Å²) in [6, 6.07) is 20.3. The molecule has 1 fully saturated rings. The Hall–Kier alpha value is -2.29. The van der Waals surface area contributed by atoms with Crippen LogP contribution in [0.15, 0.2) is 85.5 Å². The van der Waals surface area contributed by atoms with Gasteiger partial charge in [0.15, 0.2) is 16.6 Å². The fourth-order valence-corrected chi connectivity index (χ4v) is 8.27. The summed E-state index contributed by atoms with van der Waals surface area (Å²) in [5.74, 6) is 7.05. The van der Waals surface area contributed by atoms with Gasteiger partial charge in [-0.3, -0.25) is 0 Å². The maximum atomic E-state index is 7.24. The molecule has 1 saturated heterocycles. The maximum Gasteiger partial charge on any atom is 0.192 e. The van der Waals surface area contributed by atoms with Crippen LogP contribution in [0.5, 0.6) is 0 Å². The smallest absolute Gasteiger partial charge is 0.192 e. The van der Waals surface area contributed by atoms with Gasteiger partial charge in [0, 0.05) is 17.9 Å². The topological polar surface area (TPSA) is 46.2 Å². The van der Waals surface area contributed by atoms with Gasteiger partial charge in [-0.2, -0.15) is 0 Å². The number of hydrogen-bond donors (Lipinski definition) is 0. The first kappa shape index (κ1) is 34.6. The first-order valence-corrected chi connectivity index (χ1v) is 22.1. The third-order valence-electron chi connectivity index (χ3n) is 8.95. The molecule has 0 aromatic heterocycles. The Labute approximate surface area is 268 Å². The molecule has 0 aliphatic carbocycles. The molecule has 0 amide bonds. The van der Waals surface area contributed by atoms with Gasteiger partial charge in [-0.1, -0.05) is 99.4 Å². The predicted molar refractivity (Wildman–Crippen MR) is 184 cm³/mol. The van der Waals surface area contributed by atoms with Crippen LogP contribution in [0.3, 0.4) is 0 Å². The number of allylic oxidation sites excluding steroid dienone is 1. The molecule has 2 heterocycles. The highest BCUT2D eigenvalue weighted by atomic mass is 28.4. The second kappa shape index (κ2) is 13.6. The van der Waals surface area contributed by atoms with Gasteiger partial charge >= 0.3 is 0 Å². The minimum atomic E-state index is -2.11. The van der Waals surface area contributed by atoms with E-state index < -0.39 is 33.4 Å². The molecule has 238 valence electrons.